The first-order valence-electron chi connectivity index (χ1n) is 5.89. The first-order valence-corrected chi connectivity index (χ1v) is 6.27. The molecule has 102 valence electrons. The molecular formula is C11H15ClN6O. The second-order valence-corrected chi connectivity index (χ2v) is 4.32. The molecule has 0 radical (unpaired) electrons. The standard InChI is InChI=1S/C11H15ClN6O/c1-2-5-19-10-4-3-9(12)6-8(10)7-14-18-11(13)15-16-17-18/h3-4,6,14H,2,5,7H2,1H3,(H2,13,15,17). The minimum Gasteiger partial charge on any atom is -0.493 e. The first kappa shape index (κ1) is 13.4. The van der Waals surface area contributed by atoms with Gasteiger partial charge in [-0.2, -0.15) is 0 Å². The van der Waals surface area contributed by atoms with Crippen LogP contribution in [0.4, 0.5) is 5.95 Å². The molecule has 2 rings (SSSR count). The number of nitrogens with two attached hydrogens (primary N) is 1. The van der Waals surface area contributed by atoms with Gasteiger partial charge in [-0.25, -0.2) is 0 Å². The molecule has 0 spiro atoms. The number of nitrogens with zero attached hydrogens (tertiary/aromatic N) is 4. The molecule has 19 heavy (non-hydrogen) atoms. The quantitative estimate of drug-likeness (QED) is 0.833. The lowest BCUT2D eigenvalue weighted by molar-refractivity contribution is 0.314. The average molecular weight is 283 g/mol. The molecule has 2 aromatic rings. The van der Waals surface area contributed by atoms with Crippen LogP contribution in [-0.2, 0) is 6.54 Å². The van der Waals surface area contributed by atoms with E-state index in [9.17, 15) is 0 Å². The molecular weight excluding hydrogens is 268 g/mol. The molecule has 1 aromatic carbocycles. The Morgan fingerprint density at radius 2 is 2.32 bits per heavy atom. The summed E-state index contributed by atoms with van der Waals surface area (Å²) in [6.45, 7) is 3.16. The summed E-state index contributed by atoms with van der Waals surface area (Å²) in [6, 6.07) is 5.47. The van der Waals surface area contributed by atoms with E-state index in [0.29, 0.717) is 18.2 Å². The molecule has 0 saturated heterocycles. The van der Waals surface area contributed by atoms with E-state index in [1.54, 1.807) is 6.07 Å². The Bertz CT molecular complexity index is 544. The summed E-state index contributed by atoms with van der Waals surface area (Å²) in [5.74, 6) is 0.975. The number of benzene rings is 1. The molecule has 0 saturated carbocycles. The minimum absolute atomic E-state index is 0.193. The van der Waals surface area contributed by atoms with Crippen LogP contribution in [0.3, 0.4) is 0 Å². The number of aromatic nitrogens is 4. The van der Waals surface area contributed by atoms with Gasteiger partial charge in [-0.1, -0.05) is 23.6 Å². The molecule has 0 unspecified atom stereocenters. The molecule has 0 fully saturated rings. The Balaban J connectivity index is 2.09. The van der Waals surface area contributed by atoms with Gasteiger partial charge in [0, 0.05) is 10.6 Å². The van der Waals surface area contributed by atoms with E-state index in [-0.39, 0.29) is 5.95 Å². The predicted molar refractivity (Wildman–Crippen MR) is 72.5 cm³/mol. The lowest BCUT2D eigenvalue weighted by Crippen LogP contribution is -2.18. The fraction of sp³-hybridized carbons (Fsp3) is 0.364. The van der Waals surface area contributed by atoms with Crippen LogP contribution in [0.5, 0.6) is 5.75 Å². The summed E-state index contributed by atoms with van der Waals surface area (Å²) < 4.78 is 5.65. The summed E-state index contributed by atoms with van der Waals surface area (Å²) in [5.41, 5.74) is 9.44. The molecule has 0 aliphatic heterocycles. The molecule has 3 N–H and O–H groups in total. The topological polar surface area (TPSA) is 90.9 Å². The second-order valence-electron chi connectivity index (χ2n) is 3.88. The number of rotatable bonds is 6. The molecule has 1 heterocycles. The highest BCUT2D eigenvalue weighted by molar-refractivity contribution is 6.30. The predicted octanol–water partition coefficient (Wildman–Crippen LogP) is 1.44. The van der Waals surface area contributed by atoms with Gasteiger partial charge in [0.2, 0.25) is 0 Å². The molecule has 0 amide bonds. The van der Waals surface area contributed by atoms with Crippen molar-refractivity contribution in [1.29, 1.82) is 0 Å². The van der Waals surface area contributed by atoms with Gasteiger partial charge >= 0.3 is 0 Å². The Labute approximate surface area is 115 Å². The van der Waals surface area contributed by atoms with Crippen LogP contribution < -0.4 is 15.9 Å². The van der Waals surface area contributed by atoms with Gasteiger partial charge in [0.15, 0.2) is 0 Å². The molecule has 0 aliphatic carbocycles. The third kappa shape index (κ3) is 3.47. The van der Waals surface area contributed by atoms with Crippen molar-refractivity contribution in [3.8, 4) is 5.75 Å². The van der Waals surface area contributed by atoms with Crippen molar-refractivity contribution >= 4 is 17.5 Å². The van der Waals surface area contributed by atoms with Crippen molar-refractivity contribution in [3.63, 3.8) is 0 Å². The van der Waals surface area contributed by atoms with E-state index in [1.807, 2.05) is 12.1 Å². The number of hydrogen-bond donors (Lipinski definition) is 2. The highest BCUT2D eigenvalue weighted by Gasteiger charge is 2.06. The van der Waals surface area contributed by atoms with Crippen LogP contribution >= 0.6 is 11.6 Å². The maximum Gasteiger partial charge on any atom is 0.260 e. The van der Waals surface area contributed by atoms with E-state index in [1.165, 1.54) is 4.79 Å². The van der Waals surface area contributed by atoms with Crippen LogP contribution in [0.15, 0.2) is 18.2 Å². The lowest BCUT2D eigenvalue weighted by Gasteiger charge is -2.12. The average Bonchev–Trinajstić information content (AvgIpc) is 2.81. The lowest BCUT2D eigenvalue weighted by atomic mass is 10.2. The third-order valence-corrected chi connectivity index (χ3v) is 2.63. The van der Waals surface area contributed by atoms with Gasteiger partial charge in [-0.05, 0) is 35.0 Å². The Morgan fingerprint density at radius 3 is 3.00 bits per heavy atom. The number of nitrogen functional groups attached to an aromatic ring is 1. The van der Waals surface area contributed by atoms with Crippen LogP contribution in [0.25, 0.3) is 0 Å². The maximum atomic E-state index is 5.99. The van der Waals surface area contributed by atoms with Crippen molar-refractivity contribution in [2.45, 2.75) is 19.9 Å². The van der Waals surface area contributed by atoms with Crippen molar-refractivity contribution in [3.05, 3.63) is 28.8 Å². The largest absolute Gasteiger partial charge is 0.493 e. The monoisotopic (exact) mass is 282 g/mol. The molecule has 0 bridgehead atoms. The van der Waals surface area contributed by atoms with E-state index in [2.05, 4.69) is 27.9 Å². The Kier molecular flexibility index (Phi) is 4.40. The molecule has 0 aliphatic rings. The summed E-state index contributed by atoms with van der Waals surface area (Å²) in [4.78, 5) is 1.30. The van der Waals surface area contributed by atoms with Crippen LogP contribution in [0, 0.1) is 0 Å². The Hall–Kier alpha value is -2.02. The number of nitrogens with one attached hydrogen (secondary N) is 1. The van der Waals surface area contributed by atoms with E-state index in [4.69, 9.17) is 22.1 Å². The number of hydrogen-bond acceptors (Lipinski definition) is 6. The summed E-state index contributed by atoms with van der Waals surface area (Å²) in [6.07, 6.45) is 0.940. The van der Waals surface area contributed by atoms with Gasteiger partial charge in [-0.3, -0.25) is 0 Å². The van der Waals surface area contributed by atoms with Crippen molar-refractivity contribution in [1.82, 2.24) is 20.3 Å². The number of ether oxygens (including phenoxy) is 1. The second kappa shape index (κ2) is 6.24. The zero-order valence-electron chi connectivity index (χ0n) is 10.5. The maximum absolute atomic E-state index is 5.99. The van der Waals surface area contributed by atoms with Crippen LogP contribution in [0.2, 0.25) is 5.02 Å². The fourth-order valence-electron chi connectivity index (χ4n) is 1.51. The number of halogens is 1. The molecule has 0 atom stereocenters. The Morgan fingerprint density at radius 1 is 1.47 bits per heavy atom. The van der Waals surface area contributed by atoms with Crippen LogP contribution in [0.1, 0.15) is 18.9 Å². The third-order valence-electron chi connectivity index (χ3n) is 2.40. The van der Waals surface area contributed by atoms with Crippen molar-refractivity contribution < 1.29 is 4.74 Å². The fourth-order valence-corrected chi connectivity index (χ4v) is 1.70. The summed E-state index contributed by atoms with van der Waals surface area (Å²) >= 11 is 5.99. The van der Waals surface area contributed by atoms with Crippen molar-refractivity contribution in [2.24, 2.45) is 0 Å². The zero-order chi connectivity index (χ0) is 13.7. The van der Waals surface area contributed by atoms with Crippen LogP contribution in [-0.4, -0.2) is 26.9 Å². The normalized spacial score (nSPS) is 10.4. The number of tetrazole rings is 1. The molecule has 8 heteroatoms. The highest BCUT2D eigenvalue weighted by atomic mass is 35.5. The van der Waals surface area contributed by atoms with E-state index >= 15 is 0 Å². The minimum atomic E-state index is 0.193. The van der Waals surface area contributed by atoms with Gasteiger partial charge in [0.05, 0.1) is 13.2 Å². The molecule has 7 nitrogen and oxygen atoms in total. The van der Waals surface area contributed by atoms with Gasteiger partial charge < -0.3 is 15.9 Å². The van der Waals surface area contributed by atoms with Gasteiger partial charge in [0.25, 0.3) is 5.95 Å². The number of anilines is 1. The summed E-state index contributed by atoms with van der Waals surface area (Å²) in [5, 5.41) is 11.4. The van der Waals surface area contributed by atoms with Gasteiger partial charge in [-0.15, -0.1) is 4.79 Å². The SMILES string of the molecule is CCCOc1ccc(Cl)cc1CNn1nnnc1N. The first-order chi connectivity index (χ1) is 9.20. The smallest absolute Gasteiger partial charge is 0.260 e. The zero-order valence-corrected chi connectivity index (χ0v) is 11.3. The highest BCUT2D eigenvalue weighted by Crippen LogP contribution is 2.23. The van der Waals surface area contributed by atoms with Gasteiger partial charge in [0.1, 0.15) is 5.75 Å². The van der Waals surface area contributed by atoms with E-state index in [0.717, 1.165) is 17.7 Å². The summed E-state index contributed by atoms with van der Waals surface area (Å²) in [7, 11) is 0. The van der Waals surface area contributed by atoms with Crippen molar-refractivity contribution in [2.75, 3.05) is 17.8 Å². The molecule has 1 aromatic heterocycles. The van der Waals surface area contributed by atoms with E-state index < -0.39 is 0 Å².